The summed E-state index contributed by atoms with van der Waals surface area (Å²) in [6.07, 6.45) is 6.62. The second kappa shape index (κ2) is 13.7. The predicted molar refractivity (Wildman–Crippen MR) is 96.4 cm³/mol. The zero-order valence-electron chi connectivity index (χ0n) is 14.0. The normalized spacial score (nSPS) is 16.4. The monoisotopic (exact) mass is 345 g/mol. The molecule has 6 nitrogen and oxygen atoms in total. The second-order valence-corrected chi connectivity index (χ2v) is 7.23. The first-order valence-corrected chi connectivity index (χ1v) is 9.62. The van der Waals surface area contributed by atoms with Crippen LogP contribution in [0.1, 0.15) is 38.5 Å². The third-order valence-corrected chi connectivity index (χ3v) is 5.27. The molecule has 1 saturated heterocycles. The summed E-state index contributed by atoms with van der Waals surface area (Å²) in [6.45, 7) is 2.69. The van der Waals surface area contributed by atoms with Gasteiger partial charge in [0.25, 0.3) is 0 Å². The van der Waals surface area contributed by atoms with Crippen LogP contribution in [-0.4, -0.2) is 26.3 Å². The Hall–Kier alpha value is -0.750. The molecule has 0 spiro atoms. The van der Waals surface area contributed by atoms with E-state index in [2.05, 4.69) is 0 Å². The molecule has 1 aliphatic rings. The minimum absolute atomic E-state index is 0. The zero-order valence-corrected chi connectivity index (χ0v) is 14.9. The molecule has 1 fully saturated rings. The van der Waals surface area contributed by atoms with Crippen LogP contribution >= 0.6 is 7.60 Å². The van der Waals surface area contributed by atoms with Crippen molar-refractivity contribution in [3.63, 3.8) is 0 Å². The molecule has 1 aromatic rings. The van der Waals surface area contributed by atoms with Crippen molar-refractivity contribution in [1.82, 2.24) is 6.15 Å². The topological polar surface area (TPSA) is 123 Å². The quantitative estimate of drug-likeness (QED) is 0.538. The predicted octanol–water partition coefficient (Wildman–Crippen LogP) is 2.96. The molecular formula is C16H32N3O3P. The van der Waals surface area contributed by atoms with Gasteiger partial charge in [-0.3, -0.25) is 4.57 Å². The number of rotatable bonds is 6. The highest BCUT2D eigenvalue weighted by Gasteiger charge is 2.28. The maximum absolute atomic E-state index is 12.2. The van der Waals surface area contributed by atoms with Crippen LogP contribution in [0, 0.1) is 0 Å². The molecule has 1 heterocycles. The summed E-state index contributed by atoms with van der Waals surface area (Å²) < 4.78 is 22.8. The number of unbranched alkanes of at least 4 members (excludes halogenated alkanes) is 3. The minimum Gasteiger partial charge on any atom is -0.344 e. The molecule has 0 saturated carbocycles. The third-order valence-electron chi connectivity index (χ3n) is 3.29. The molecule has 0 atom stereocenters. The van der Waals surface area contributed by atoms with Crippen molar-refractivity contribution in [2.75, 3.05) is 26.3 Å². The number of hydrogen-bond acceptors (Lipinski definition) is 6. The van der Waals surface area contributed by atoms with E-state index in [1.54, 1.807) is 12.1 Å². The van der Waals surface area contributed by atoms with E-state index in [4.69, 9.17) is 20.5 Å². The minimum atomic E-state index is -3.01. The average Bonchev–Trinajstić information content (AvgIpc) is 2.79. The second-order valence-electron chi connectivity index (χ2n) is 5.20. The van der Waals surface area contributed by atoms with Crippen LogP contribution in [-0.2, 0) is 13.6 Å². The van der Waals surface area contributed by atoms with Crippen LogP contribution in [0.4, 0.5) is 0 Å². The average molecular weight is 345 g/mol. The van der Waals surface area contributed by atoms with E-state index in [1.165, 1.54) is 12.8 Å². The summed E-state index contributed by atoms with van der Waals surface area (Å²) in [5.74, 6) is 0. The summed E-state index contributed by atoms with van der Waals surface area (Å²) in [5, 5.41) is 0.655. The van der Waals surface area contributed by atoms with Crippen molar-refractivity contribution in [2.24, 2.45) is 11.5 Å². The lowest BCUT2D eigenvalue weighted by Crippen LogP contribution is -2.08. The van der Waals surface area contributed by atoms with Crippen LogP contribution in [0.15, 0.2) is 30.3 Å². The fraction of sp³-hybridized carbons (Fsp3) is 0.625. The van der Waals surface area contributed by atoms with Gasteiger partial charge in [-0.2, -0.15) is 0 Å². The molecule has 1 aliphatic heterocycles. The van der Waals surface area contributed by atoms with E-state index >= 15 is 0 Å². The van der Waals surface area contributed by atoms with Crippen molar-refractivity contribution in [3.8, 4) is 0 Å². The van der Waals surface area contributed by atoms with Gasteiger partial charge < -0.3 is 26.7 Å². The Bertz CT molecular complexity index is 414. The summed E-state index contributed by atoms with van der Waals surface area (Å²) in [4.78, 5) is 0. The summed E-state index contributed by atoms with van der Waals surface area (Å²) >= 11 is 0. The van der Waals surface area contributed by atoms with E-state index in [0.717, 1.165) is 38.8 Å². The molecule has 0 unspecified atom stereocenters. The van der Waals surface area contributed by atoms with Gasteiger partial charge in [-0.25, -0.2) is 0 Å². The largest absolute Gasteiger partial charge is 0.361 e. The molecule has 0 radical (unpaired) electrons. The first kappa shape index (κ1) is 22.2. The smallest absolute Gasteiger partial charge is 0.344 e. The lowest BCUT2D eigenvalue weighted by atomic mass is 10.2. The Kier molecular flexibility index (Phi) is 13.2. The van der Waals surface area contributed by atoms with Crippen molar-refractivity contribution in [2.45, 2.75) is 38.5 Å². The lowest BCUT2D eigenvalue weighted by molar-refractivity contribution is 0.249. The van der Waals surface area contributed by atoms with Gasteiger partial charge in [0.2, 0.25) is 0 Å². The molecule has 134 valence electrons. The highest BCUT2D eigenvalue weighted by atomic mass is 31.2. The van der Waals surface area contributed by atoms with E-state index < -0.39 is 7.60 Å². The summed E-state index contributed by atoms with van der Waals surface area (Å²) in [7, 11) is -3.01. The van der Waals surface area contributed by atoms with E-state index in [0.29, 0.717) is 18.5 Å². The SMILES string of the molecule is N.NCCCCCCN.O=P1(c2ccccc2)OCCCCO1. The Morgan fingerprint density at radius 3 is 1.78 bits per heavy atom. The zero-order chi connectivity index (χ0) is 16.1. The number of nitrogens with two attached hydrogens (primary N) is 2. The van der Waals surface area contributed by atoms with E-state index in [9.17, 15) is 4.57 Å². The first-order valence-electron chi connectivity index (χ1n) is 8.08. The van der Waals surface area contributed by atoms with Gasteiger partial charge in [0.1, 0.15) is 0 Å². The highest BCUT2D eigenvalue weighted by molar-refractivity contribution is 7.62. The van der Waals surface area contributed by atoms with Crippen LogP contribution in [0.3, 0.4) is 0 Å². The van der Waals surface area contributed by atoms with E-state index in [1.807, 2.05) is 18.2 Å². The number of benzene rings is 1. The maximum atomic E-state index is 12.2. The molecule has 7 heteroatoms. The highest BCUT2D eigenvalue weighted by Crippen LogP contribution is 2.48. The molecular weight excluding hydrogens is 313 g/mol. The van der Waals surface area contributed by atoms with Gasteiger partial charge in [-0.05, 0) is 50.9 Å². The third kappa shape index (κ3) is 9.20. The van der Waals surface area contributed by atoms with Crippen molar-refractivity contribution in [1.29, 1.82) is 0 Å². The fourth-order valence-corrected chi connectivity index (χ4v) is 3.66. The molecule has 7 N–H and O–H groups in total. The Labute approximate surface area is 140 Å². The fourth-order valence-electron chi connectivity index (χ4n) is 2.01. The molecule has 2 rings (SSSR count). The molecule has 0 amide bonds. The molecule has 0 bridgehead atoms. The van der Waals surface area contributed by atoms with Crippen molar-refractivity contribution < 1.29 is 13.6 Å². The summed E-state index contributed by atoms with van der Waals surface area (Å²) in [6, 6.07) is 9.13. The van der Waals surface area contributed by atoms with Gasteiger partial charge in [-0.15, -0.1) is 0 Å². The van der Waals surface area contributed by atoms with Crippen LogP contribution < -0.4 is 22.9 Å². The summed E-state index contributed by atoms with van der Waals surface area (Å²) in [5.41, 5.74) is 10.6. The van der Waals surface area contributed by atoms with Gasteiger partial charge >= 0.3 is 7.60 Å². The van der Waals surface area contributed by atoms with Crippen LogP contribution in [0.5, 0.6) is 0 Å². The van der Waals surface area contributed by atoms with Crippen molar-refractivity contribution >= 4 is 12.9 Å². The van der Waals surface area contributed by atoms with Gasteiger partial charge in [-0.1, -0.05) is 31.0 Å². The van der Waals surface area contributed by atoms with Crippen LogP contribution in [0.25, 0.3) is 0 Å². The Morgan fingerprint density at radius 2 is 1.35 bits per heavy atom. The standard InChI is InChI=1S/C10H13O3P.C6H16N2.H3N/c11-14(10-6-2-1-3-7-10)12-8-4-5-9-13-14;7-5-3-1-2-4-6-8;/h1-3,6-7H,4-5,8-9H2;1-8H2;1H3. The van der Waals surface area contributed by atoms with Gasteiger partial charge in [0, 0.05) is 0 Å². The molecule has 0 aromatic heterocycles. The van der Waals surface area contributed by atoms with Gasteiger partial charge in [0.05, 0.1) is 18.5 Å². The Balaban J connectivity index is 0.000000469. The Morgan fingerprint density at radius 1 is 0.870 bits per heavy atom. The maximum Gasteiger partial charge on any atom is 0.361 e. The molecule has 0 aliphatic carbocycles. The first-order chi connectivity index (χ1) is 10.7. The van der Waals surface area contributed by atoms with Gasteiger partial charge in [0.15, 0.2) is 0 Å². The number of hydrogen-bond donors (Lipinski definition) is 3. The van der Waals surface area contributed by atoms with E-state index in [-0.39, 0.29) is 6.15 Å². The van der Waals surface area contributed by atoms with Crippen LogP contribution in [0.2, 0.25) is 0 Å². The van der Waals surface area contributed by atoms with Crippen molar-refractivity contribution in [3.05, 3.63) is 30.3 Å². The lowest BCUT2D eigenvalue weighted by Gasteiger charge is -2.14. The molecule has 23 heavy (non-hydrogen) atoms. The molecule has 1 aromatic carbocycles.